The summed E-state index contributed by atoms with van der Waals surface area (Å²) in [5.74, 6) is 0.500. The van der Waals surface area contributed by atoms with Gasteiger partial charge in [0.2, 0.25) is 0 Å². The summed E-state index contributed by atoms with van der Waals surface area (Å²) in [5.41, 5.74) is -0.147. The van der Waals surface area contributed by atoms with Crippen molar-refractivity contribution in [1.29, 1.82) is 0 Å². The van der Waals surface area contributed by atoms with E-state index in [9.17, 15) is 5.11 Å². The third-order valence-corrected chi connectivity index (χ3v) is 5.99. The van der Waals surface area contributed by atoms with Crippen molar-refractivity contribution in [2.24, 2.45) is 5.92 Å². The summed E-state index contributed by atoms with van der Waals surface area (Å²) in [6, 6.07) is 0. The molecule has 0 aromatic carbocycles. The van der Waals surface area contributed by atoms with Gasteiger partial charge in [-0.15, -0.1) is 0 Å². The molecule has 0 amide bonds. The number of rotatable bonds is 3. The van der Waals surface area contributed by atoms with Crippen LogP contribution in [0.5, 0.6) is 0 Å². The van der Waals surface area contributed by atoms with Crippen molar-refractivity contribution in [3.63, 3.8) is 0 Å². The number of morpholine rings is 1. The van der Waals surface area contributed by atoms with Gasteiger partial charge in [-0.3, -0.25) is 4.90 Å². The molecule has 0 bridgehead atoms. The highest BCUT2D eigenvalue weighted by Crippen LogP contribution is 2.40. The van der Waals surface area contributed by atoms with Gasteiger partial charge in [-0.1, -0.05) is 12.8 Å². The van der Waals surface area contributed by atoms with E-state index in [0.717, 1.165) is 58.8 Å². The number of fused-ring (bicyclic) bond motifs is 1. The Bertz CT molecular complexity index is 355. The van der Waals surface area contributed by atoms with Crippen LogP contribution < -0.4 is 0 Å². The summed E-state index contributed by atoms with van der Waals surface area (Å²) in [6.45, 7) is 11.8. The molecule has 2 saturated heterocycles. The summed E-state index contributed by atoms with van der Waals surface area (Å²) >= 11 is 0. The first-order valence-corrected chi connectivity index (χ1v) is 8.77. The Morgan fingerprint density at radius 1 is 1.14 bits per heavy atom. The molecule has 122 valence electrons. The Hall–Kier alpha value is -0.160. The number of ether oxygens (including phenoxy) is 1. The summed E-state index contributed by atoms with van der Waals surface area (Å²) in [5, 5.41) is 10.8. The number of hydrogen-bond donors (Lipinski definition) is 1. The second kappa shape index (κ2) is 6.15. The van der Waals surface area contributed by atoms with Gasteiger partial charge in [-0.2, -0.15) is 0 Å². The molecule has 3 fully saturated rings. The Kier molecular flexibility index (Phi) is 4.60. The summed E-state index contributed by atoms with van der Waals surface area (Å²) < 4.78 is 5.48. The fraction of sp³-hybridized carbons (Fsp3) is 1.00. The first-order chi connectivity index (χ1) is 10.00. The minimum atomic E-state index is -0.349. The van der Waals surface area contributed by atoms with Crippen molar-refractivity contribution in [2.45, 2.75) is 57.1 Å². The average molecular weight is 296 g/mol. The molecule has 1 N–H and O–H groups in total. The average Bonchev–Trinajstić information content (AvgIpc) is 2.48. The zero-order valence-corrected chi connectivity index (χ0v) is 13.8. The molecule has 2 atom stereocenters. The smallest absolute Gasteiger partial charge is 0.0700 e. The topological polar surface area (TPSA) is 35.9 Å². The van der Waals surface area contributed by atoms with E-state index in [1.165, 1.54) is 19.3 Å². The molecule has 3 aliphatic rings. The number of piperidine rings is 1. The Morgan fingerprint density at radius 3 is 2.67 bits per heavy atom. The molecule has 0 spiro atoms. The zero-order valence-electron chi connectivity index (χ0n) is 13.8. The van der Waals surface area contributed by atoms with E-state index in [1.54, 1.807) is 0 Å². The lowest BCUT2D eigenvalue weighted by atomic mass is 9.71. The second-order valence-corrected chi connectivity index (χ2v) is 7.94. The van der Waals surface area contributed by atoms with Crippen LogP contribution in [-0.2, 0) is 4.74 Å². The molecule has 3 rings (SSSR count). The van der Waals surface area contributed by atoms with Gasteiger partial charge in [0.05, 0.1) is 18.8 Å². The van der Waals surface area contributed by atoms with Crippen LogP contribution in [0.15, 0.2) is 0 Å². The lowest BCUT2D eigenvalue weighted by molar-refractivity contribution is -0.104. The lowest BCUT2D eigenvalue weighted by Gasteiger charge is -2.50. The molecule has 2 heterocycles. The van der Waals surface area contributed by atoms with Gasteiger partial charge in [0.25, 0.3) is 0 Å². The summed E-state index contributed by atoms with van der Waals surface area (Å²) in [4.78, 5) is 5.16. The predicted molar refractivity (Wildman–Crippen MR) is 84.4 cm³/mol. The maximum absolute atomic E-state index is 10.8. The van der Waals surface area contributed by atoms with E-state index in [4.69, 9.17) is 4.74 Å². The standard InChI is InChI=1S/C17H32N2O2/c1-16(2,19-9-11-21-12-10-19)14-18-8-7-17(20)6-4-3-5-15(17)13-18/h15,20H,3-14H2,1-2H3/t15-,17-/m0/s1. The number of nitrogens with zero attached hydrogens (tertiary/aromatic N) is 2. The zero-order chi connectivity index (χ0) is 14.9. The van der Waals surface area contributed by atoms with Crippen LogP contribution >= 0.6 is 0 Å². The first-order valence-electron chi connectivity index (χ1n) is 8.77. The number of aliphatic hydroxyl groups is 1. The van der Waals surface area contributed by atoms with Crippen molar-refractivity contribution >= 4 is 0 Å². The first kappa shape index (κ1) is 15.7. The van der Waals surface area contributed by atoms with Gasteiger partial charge in [0.15, 0.2) is 0 Å². The maximum Gasteiger partial charge on any atom is 0.0700 e. The lowest BCUT2D eigenvalue weighted by Crippen LogP contribution is -2.59. The molecule has 1 aliphatic carbocycles. The highest BCUT2D eigenvalue weighted by Gasteiger charge is 2.43. The minimum Gasteiger partial charge on any atom is -0.390 e. The van der Waals surface area contributed by atoms with E-state index >= 15 is 0 Å². The van der Waals surface area contributed by atoms with Crippen LogP contribution in [0, 0.1) is 5.92 Å². The van der Waals surface area contributed by atoms with Crippen LogP contribution in [-0.4, -0.2) is 72.0 Å². The highest BCUT2D eigenvalue weighted by atomic mass is 16.5. The fourth-order valence-electron chi connectivity index (χ4n) is 4.60. The van der Waals surface area contributed by atoms with E-state index in [-0.39, 0.29) is 11.1 Å². The van der Waals surface area contributed by atoms with Gasteiger partial charge < -0.3 is 14.7 Å². The normalized spacial score (nSPS) is 36.4. The quantitative estimate of drug-likeness (QED) is 0.860. The molecular formula is C17H32N2O2. The monoisotopic (exact) mass is 296 g/mol. The molecule has 0 aromatic heterocycles. The van der Waals surface area contributed by atoms with E-state index in [1.807, 2.05) is 0 Å². The fourth-order valence-corrected chi connectivity index (χ4v) is 4.60. The second-order valence-electron chi connectivity index (χ2n) is 7.94. The molecule has 1 saturated carbocycles. The van der Waals surface area contributed by atoms with Crippen molar-refractivity contribution < 1.29 is 9.84 Å². The van der Waals surface area contributed by atoms with Crippen LogP contribution in [0.3, 0.4) is 0 Å². The van der Waals surface area contributed by atoms with Crippen LogP contribution in [0.1, 0.15) is 46.0 Å². The van der Waals surface area contributed by atoms with Gasteiger partial charge >= 0.3 is 0 Å². The largest absolute Gasteiger partial charge is 0.390 e. The third kappa shape index (κ3) is 3.44. The Balaban J connectivity index is 1.57. The van der Waals surface area contributed by atoms with Crippen molar-refractivity contribution in [1.82, 2.24) is 9.80 Å². The highest BCUT2D eigenvalue weighted by molar-refractivity contribution is 4.97. The van der Waals surface area contributed by atoms with Crippen molar-refractivity contribution in [2.75, 3.05) is 45.9 Å². The molecule has 21 heavy (non-hydrogen) atoms. The van der Waals surface area contributed by atoms with Gasteiger partial charge in [-0.05, 0) is 33.1 Å². The molecule has 0 radical (unpaired) electrons. The Labute approximate surface area is 129 Å². The third-order valence-electron chi connectivity index (χ3n) is 5.99. The van der Waals surface area contributed by atoms with Gasteiger partial charge in [0, 0.05) is 44.2 Å². The van der Waals surface area contributed by atoms with E-state index in [0.29, 0.717) is 5.92 Å². The minimum absolute atomic E-state index is 0.202. The molecule has 4 heteroatoms. The Morgan fingerprint density at radius 2 is 1.90 bits per heavy atom. The maximum atomic E-state index is 10.8. The van der Waals surface area contributed by atoms with Crippen LogP contribution in [0.4, 0.5) is 0 Å². The molecule has 4 nitrogen and oxygen atoms in total. The van der Waals surface area contributed by atoms with Crippen molar-refractivity contribution in [3.8, 4) is 0 Å². The van der Waals surface area contributed by atoms with Crippen molar-refractivity contribution in [3.05, 3.63) is 0 Å². The predicted octanol–water partition coefficient (Wildman–Crippen LogP) is 1.72. The molecule has 2 aliphatic heterocycles. The van der Waals surface area contributed by atoms with E-state index < -0.39 is 0 Å². The summed E-state index contributed by atoms with van der Waals surface area (Å²) in [6.07, 6.45) is 5.72. The molecular weight excluding hydrogens is 264 g/mol. The van der Waals surface area contributed by atoms with Gasteiger partial charge in [0.1, 0.15) is 0 Å². The molecule has 0 aromatic rings. The summed E-state index contributed by atoms with van der Waals surface area (Å²) in [7, 11) is 0. The SMILES string of the molecule is CC(C)(CN1CC[C@@]2(O)CCCC[C@H]2C1)N1CCOCC1. The van der Waals surface area contributed by atoms with E-state index in [2.05, 4.69) is 23.6 Å². The van der Waals surface area contributed by atoms with Gasteiger partial charge in [-0.25, -0.2) is 0 Å². The number of likely N-dealkylation sites (tertiary alicyclic amines) is 1. The van der Waals surface area contributed by atoms with Crippen LogP contribution in [0.2, 0.25) is 0 Å². The number of hydrogen-bond acceptors (Lipinski definition) is 4. The molecule has 0 unspecified atom stereocenters. The van der Waals surface area contributed by atoms with Crippen LogP contribution in [0.25, 0.3) is 0 Å².